The number of nitrogens with zero attached hydrogens (tertiary/aromatic N) is 3. The Kier molecular flexibility index (Phi) is 17.4. The van der Waals surface area contributed by atoms with Gasteiger partial charge in [-0.25, -0.2) is 0 Å². The number of nitrogen functional groups attached to an aromatic ring is 3. The third-order valence-corrected chi connectivity index (χ3v) is 0.687. The zero-order valence-corrected chi connectivity index (χ0v) is 8.82. The van der Waals surface area contributed by atoms with Gasteiger partial charge in [-0.05, 0) is 0 Å². The Morgan fingerprint density at radius 3 is 0.800 bits per heavy atom. The fourth-order valence-corrected chi connectivity index (χ4v) is 0.427. The highest BCUT2D eigenvalue weighted by atomic mass is 15.2. The van der Waals surface area contributed by atoms with Gasteiger partial charge in [-0.2, -0.15) is 15.0 Å². The molecule has 0 bridgehead atoms. The molecule has 0 amide bonds. The van der Waals surface area contributed by atoms with Crippen molar-refractivity contribution in [2.24, 2.45) is 0 Å². The molecule has 0 radical (unpaired) electrons. The van der Waals surface area contributed by atoms with Gasteiger partial charge in [0.2, 0.25) is 17.8 Å². The topological polar surface area (TPSA) is 117 Å². The van der Waals surface area contributed by atoms with Crippen LogP contribution >= 0.6 is 0 Å². The standard InChI is InChI=1S/C3H6N6.3C2H4/c4-1-7-2(5)9-3(6)8-1;3*1-2/h(H6,4,5,6,7,8,9);3*1-2H2. The van der Waals surface area contributed by atoms with E-state index >= 15 is 0 Å². The van der Waals surface area contributed by atoms with Crippen molar-refractivity contribution in [3.63, 3.8) is 0 Å². The first-order valence-electron chi connectivity index (χ1n) is 3.71. The van der Waals surface area contributed by atoms with E-state index in [1.54, 1.807) is 0 Å². The number of hydrogen-bond donors (Lipinski definition) is 3. The van der Waals surface area contributed by atoms with Crippen molar-refractivity contribution in [3.05, 3.63) is 39.5 Å². The summed E-state index contributed by atoms with van der Waals surface area (Å²) in [5, 5.41) is 0. The van der Waals surface area contributed by atoms with E-state index < -0.39 is 0 Å². The minimum atomic E-state index is 0.0417. The maximum atomic E-state index is 5.14. The molecule has 0 unspecified atom stereocenters. The van der Waals surface area contributed by atoms with Crippen LogP contribution in [0.3, 0.4) is 0 Å². The lowest BCUT2D eigenvalue weighted by Crippen LogP contribution is -2.05. The Morgan fingerprint density at radius 1 is 0.533 bits per heavy atom. The Balaban J connectivity index is -0.000000208. The fraction of sp³-hybridized carbons (Fsp3) is 0. The average Bonchev–Trinajstić information content (AvgIpc) is 2.24. The Labute approximate surface area is 90.2 Å². The number of aromatic nitrogens is 3. The van der Waals surface area contributed by atoms with Gasteiger partial charge in [0, 0.05) is 0 Å². The van der Waals surface area contributed by atoms with Crippen molar-refractivity contribution in [1.82, 2.24) is 15.0 Å². The molecule has 1 aromatic heterocycles. The van der Waals surface area contributed by atoms with Gasteiger partial charge < -0.3 is 17.2 Å². The highest BCUT2D eigenvalue weighted by Crippen LogP contribution is 1.97. The first-order valence-corrected chi connectivity index (χ1v) is 3.71. The first kappa shape index (κ1) is 18.4. The van der Waals surface area contributed by atoms with E-state index in [1.165, 1.54) is 0 Å². The van der Waals surface area contributed by atoms with Gasteiger partial charge in [0.05, 0.1) is 0 Å². The lowest BCUT2D eigenvalue weighted by atomic mass is 10.9. The predicted molar refractivity (Wildman–Crippen MR) is 66.8 cm³/mol. The molecule has 0 saturated carbocycles. The number of anilines is 3. The molecule has 84 valence electrons. The number of hydrogen-bond acceptors (Lipinski definition) is 6. The Morgan fingerprint density at radius 2 is 0.667 bits per heavy atom. The summed E-state index contributed by atoms with van der Waals surface area (Å²) in [6.45, 7) is 18.0. The summed E-state index contributed by atoms with van der Waals surface area (Å²) < 4.78 is 0. The van der Waals surface area contributed by atoms with Crippen molar-refractivity contribution >= 4 is 17.8 Å². The normalized spacial score (nSPS) is 6.40. The molecule has 6 N–H and O–H groups in total. The van der Waals surface area contributed by atoms with E-state index in [4.69, 9.17) is 17.2 Å². The predicted octanol–water partition coefficient (Wildman–Crippen LogP) is 1.02. The van der Waals surface area contributed by atoms with Gasteiger partial charge >= 0.3 is 0 Å². The van der Waals surface area contributed by atoms with Crippen LogP contribution in [0, 0.1) is 0 Å². The minimum Gasteiger partial charge on any atom is -0.368 e. The lowest BCUT2D eigenvalue weighted by molar-refractivity contribution is 1.09. The summed E-state index contributed by atoms with van der Waals surface area (Å²) in [5.41, 5.74) is 15.4. The molecule has 0 saturated heterocycles. The highest BCUT2D eigenvalue weighted by Gasteiger charge is 1.93. The second-order valence-electron chi connectivity index (χ2n) is 1.41. The summed E-state index contributed by atoms with van der Waals surface area (Å²) in [4.78, 5) is 10.5. The van der Waals surface area contributed by atoms with Gasteiger partial charge in [-0.3, -0.25) is 0 Å². The van der Waals surface area contributed by atoms with Crippen LogP contribution in [-0.2, 0) is 0 Å². The van der Waals surface area contributed by atoms with E-state index in [0.717, 1.165) is 0 Å². The van der Waals surface area contributed by atoms with Gasteiger partial charge in [0.25, 0.3) is 0 Å². The van der Waals surface area contributed by atoms with Crippen molar-refractivity contribution in [2.75, 3.05) is 17.2 Å². The molecule has 1 rings (SSSR count). The van der Waals surface area contributed by atoms with Crippen molar-refractivity contribution in [1.29, 1.82) is 0 Å². The Bertz CT molecular complexity index is 208. The second-order valence-corrected chi connectivity index (χ2v) is 1.41. The minimum absolute atomic E-state index is 0.0417. The smallest absolute Gasteiger partial charge is 0.226 e. The summed E-state index contributed by atoms with van der Waals surface area (Å²) in [7, 11) is 0. The SMILES string of the molecule is C=C.C=C.C=C.Nc1nc(N)nc(N)n1. The lowest BCUT2D eigenvalue weighted by Gasteiger charge is -1.93. The fourth-order valence-electron chi connectivity index (χ4n) is 0.427. The maximum Gasteiger partial charge on any atom is 0.226 e. The molecule has 0 aliphatic heterocycles. The van der Waals surface area contributed by atoms with Crippen LogP contribution in [0.5, 0.6) is 0 Å². The molecule has 0 aliphatic carbocycles. The number of nitrogens with two attached hydrogens (primary N) is 3. The van der Waals surface area contributed by atoms with E-state index in [2.05, 4.69) is 54.4 Å². The third-order valence-electron chi connectivity index (χ3n) is 0.687. The monoisotopic (exact) mass is 210 g/mol. The second kappa shape index (κ2) is 14.2. The molecule has 0 spiro atoms. The number of rotatable bonds is 0. The molecular weight excluding hydrogens is 192 g/mol. The van der Waals surface area contributed by atoms with E-state index in [0.29, 0.717) is 0 Å². The zero-order valence-electron chi connectivity index (χ0n) is 8.82. The molecule has 6 heteroatoms. The molecule has 1 heterocycles. The van der Waals surface area contributed by atoms with E-state index in [9.17, 15) is 0 Å². The summed E-state index contributed by atoms with van der Waals surface area (Å²) in [5.74, 6) is 0.125. The Hall–Kier alpha value is -2.37. The zero-order chi connectivity index (χ0) is 12.9. The average molecular weight is 210 g/mol. The van der Waals surface area contributed by atoms with E-state index in [1.807, 2.05) is 0 Å². The molecule has 0 aromatic carbocycles. The maximum absolute atomic E-state index is 5.14. The quantitative estimate of drug-likeness (QED) is 0.550. The summed E-state index contributed by atoms with van der Waals surface area (Å²) in [6.07, 6.45) is 0. The summed E-state index contributed by atoms with van der Waals surface area (Å²) in [6, 6.07) is 0. The molecular formula is C9H18N6. The van der Waals surface area contributed by atoms with Crippen molar-refractivity contribution in [3.8, 4) is 0 Å². The van der Waals surface area contributed by atoms with Gasteiger partial charge in [-0.1, -0.05) is 0 Å². The van der Waals surface area contributed by atoms with Crippen LogP contribution in [0.15, 0.2) is 39.5 Å². The largest absolute Gasteiger partial charge is 0.368 e. The summed E-state index contributed by atoms with van der Waals surface area (Å²) >= 11 is 0. The van der Waals surface area contributed by atoms with E-state index in [-0.39, 0.29) is 17.8 Å². The highest BCUT2D eigenvalue weighted by molar-refractivity contribution is 5.33. The first-order chi connectivity index (χ1) is 7.18. The van der Waals surface area contributed by atoms with Crippen LogP contribution < -0.4 is 17.2 Å². The van der Waals surface area contributed by atoms with Crippen molar-refractivity contribution in [2.45, 2.75) is 0 Å². The van der Waals surface area contributed by atoms with Crippen LogP contribution in [0.2, 0.25) is 0 Å². The van der Waals surface area contributed by atoms with Gasteiger partial charge in [0.1, 0.15) is 0 Å². The van der Waals surface area contributed by atoms with Crippen LogP contribution in [0.1, 0.15) is 0 Å². The molecule has 0 aliphatic rings. The van der Waals surface area contributed by atoms with Crippen LogP contribution in [-0.4, -0.2) is 15.0 Å². The molecule has 0 atom stereocenters. The van der Waals surface area contributed by atoms with Crippen LogP contribution in [0.4, 0.5) is 17.8 Å². The molecule has 15 heavy (non-hydrogen) atoms. The van der Waals surface area contributed by atoms with Crippen LogP contribution in [0.25, 0.3) is 0 Å². The molecule has 1 aromatic rings. The van der Waals surface area contributed by atoms with Crippen molar-refractivity contribution < 1.29 is 0 Å². The molecule has 0 fully saturated rings. The van der Waals surface area contributed by atoms with Gasteiger partial charge in [0.15, 0.2) is 0 Å². The third kappa shape index (κ3) is 11.6. The molecule has 6 nitrogen and oxygen atoms in total. The van der Waals surface area contributed by atoms with Gasteiger partial charge in [-0.15, -0.1) is 39.5 Å².